The summed E-state index contributed by atoms with van der Waals surface area (Å²) < 4.78 is 30.7. The molecule has 0 aliphatic rings. The third-order valence-electron chi connectivity index (χ3n) is 3.63. The van der Waals surface area contributed by atoms with E-state index in [1.54, 1.807) is 33.5 Å². The number of methoxy groups -OCH3 is 6. The number of aliphatic hydroxyl groups excluding tert-OH is 1. The molecule has 0 aliphatic carbocycles. The summed E-state index contributed by atoms with van der Waals surface area (Å²) in [7, 11) is 10.3. The van der Waals surface area contributed by atoms with Gasteiger partial charge >= 0.3 is 0 Å². The molecule has 2 aromatic rings. The Morgan fingerprint density at radius 2 is 0.906 bits per heavy atom. The van der Waals surface area contributed by atoms with Crippen LogP contribution in [0.25, 0.3) is 0 Å². The number of aldehydes is 1. The maximum absolute atomic E-state index is 10.6. The number of rotatable bonds is 7. The van der Waals surface area contributed by atoms with E-state index in [0.29, 0.717) is 40.1 Å². The van der Waals surface area contributed by atoms with Crippen molar-refractivity contribution in [2.24, 2.45) is 0 Å². The Hall–Kier alpha value is -3.13. The molecule has 0 heterocycles. The summed E-state index contributed by atoms with van der Waals surface area (Å²) in [5.41, 5.74) is 1.56. The molecular formula is C24H40O8. The first-order chi connectivity index (χ1) is 15.0. The Labute approximate surface area is 193 Å². The van der Waals surface area contributed by atoms with Crippen LogP contribution in [0, 0.1) is 6.92 Å². The average Bonchev–Trinajstić information content (AvgIpc) is 2.84. The molecule has 2 rings (SSSR count). The Bertz CT molecular complexity index is 710. The molecule has 8 nitrogen and oxygen atoms in total. The molecule has 2 aromatic carbocycles. The zero-order valence-electron chi connectivity index (χ0n) is 20.2. The lowest BCUT2D eigenvalue weighted by molar-refractivity contribution is 0.112. The number of aliphatic hydroxyl groups is 1. The molecule has 1 N–H and O–H groups in total. The maximum atomic E-state index is 10.6. The maximum Gasteiger partial charge on any atom is 0.203 e. The number of carbonyl (C=O) groups is 1. The normalized spacial score (nSPS) is 8.34. The lowest BCUT2D eigenvalue weighted by atomic mass is 10.2. The van der Waals surface area contributed by atoms with Crippen molar-refractivity contribution < 1.29 is 38.3 Å². The van der Waals surface area contributed by atoms with Gasteiger partial charge in [0.1, 0.15) is 6.29 Å². The minimum absolute atomic E-state index is 0. The predicted molar refractivity (Wildman–Crippen MR) is 129 cm³/mol. The van der Waals surface area contributed by atoms with E-state index in [0.717, 1.165) is 19.0 Å². The van der Waals surface area contributed by atoms with Crippen molar-refractivity contribution in [1.29, 1.82) is 0 Å². The highest BCUT2D eigenvalue weighted by atomic mass is 16.5. The number of carbonyl (C=O) groups excluding carboxylic acids is 1. The van der Waals surface area contributed by atoms with Gasteiger partial charge in [-0.3, -0.25) is 4.79 Å². The van der Waals surface area contributed by atoms with E-state index in [9.17, 15) is 4.79 Å². The van der Waals surface area contributed by atoms with E-state index in [-0.39, 0.29) is 7.43 Å². The number of ether oxygens (including phenoxy) is 6. The van der Waals surface area contributed by atoms with Gasteiger partial charge in [0.2, 0.25) is 11.5 Å². The molecule has 8 heteroatoms. The van der Waals surface area contributed by atoms with Gasteiger partial charge in [0.15, 0.2) is 23.0 Å². The quantitative estimate of drug-likeness (QED) is 0.593. The fourth-order valence-electron chi connectivity index (χ4n) is 2.38. The van der Waals surface area contributed by atoms with Gasteiger partial charge in [0, 0.05) is 12.7 Å². The van der Waals surface area contributed by atoms with E-state index in [2.05, 4.69) is 0 Å². The molecule has 0 saturated heterocycles. The Morgan fingerprint density at radius 1 is 0.625 bits per heavy atom. The number of hydrogen-bond donors (Lipinski definition) is 1. The first kappa shape index (κ1) is 33.5. The van der Waals surface area contributed by atoms with Crippen LogP contribution in [0.5, 0.6) is 34.5 Å². The van der Waals surface area contributed by atoms with Crippen LogP contribution in [-0.4, -0.2) is 61.2 Å². The third-order valence-corrected chi connectivity index (χ3v) is 3.63. The first-order valence-electron chi connectivity index (χ1n) is 9.46. The average molecular weight is 457 g/mol. The Balaban J connectivity index is -0.000000443. The van der Waals surface area contributed by atoms with E-state index in [4.69, 9.17) is 33.5 Å². The van der Waals surface area contributed by atoms with Crippen LogP contribution in [-0.2, 0) is 0 Å². The summed E-state index contributed by atoms with van der Waals surface area (Å²) in [5, 5.41) is 7.00. The molecule has 0 aromatic heterocycles. The summed E-state index contributed by atoms with van der Waals surface area (Å²) in [6, 6.07) is 6.99. The topological polar surface area (TPSA) is 92.7 Å². The molecule has 0 radical (unpaired) electrons. The monoisotopic (exact) mass is 456 g/mol. The van der Waals surface area contributed by atoms with Crippen molar-refractivity contribution in [3.63, 3.8) is 0 Å². The fraction of sp³-hybridized carbons (Fsp3) is 0.458. The summed E-state index contributed by atoms with van der Waals surface area (Å²) in [6.07, 6.45) is 0.727. The van der Waals surface area contributed by atoms with Crippen LogP contribution in [0.1, 0.15) is 37.2 Å². The molecule has 0 saturated carbocycles. The molecule has 0 aliphatic heterocycles. The highest BCUT2D eigenvalue weighted by Gasteiger charge is 2.12. The zero-order valence-corrected chi connectivity index (χ0v) is 20.2. The lowest BCUT2D eigenvalue weighted by Crippen LogP contribution is -1.96. The van der Waals surface area contributed by atoms with Gasteiger partial charge in [-0.2, -0.15) is 0 Å². The molecule has 0 atom stereocenters. The Kier molecular flexibility index (Phi) is 20.7. The van der Waals surface area contributed by atoms with Crippen LogP contribution in [0.15, 0.2) is 24.3 Å². The second-order valence-electron chi connectivity index (χ2n) is 5.28. The fourth-order valence-corrected chi connectivity index (χ4v) is 2.38. The summed E-state index contributed by atoms with van der Waals surface area (Å²) in [5.74, 6) is 3.47. The molecule has 0 amide bonds. The van der Waals surface area contributed by atoms with Gasteiger partial charge in [-0.25, -0.2) is 0 Å². The van der Waals surface area contributed by atoms with Crippen molar-refractivity contribution in [2.75, 3.05) is 49.8 Å². The standard InChI is InChI=1S/C10H12O4.C10H14O3.C2H6.CH4O.CH4/c1-12-8-4-7(6-11)5-9(13-2)10(8)14-3;1-7-5-8(11-2)10(13-4)9(6-7)12-3;2*1-2;/h4-6H,1-3H3;5-6H,1-4H3;1-2H3;2H,1H3;1H4. The predicted octanol–water partition coefficient (Wildman–Crippen LogP) is 4.82. The van der Waals surface area contributed by atoms with Crippen molar-refractivity contribution in [2.45, 2.75) is 28.2 Å². The van der Waals surface area contributed by atoms with Crippen molar-refractivity contribution in [3.8, 4) is 34.5 Å². The summed E-state index contributed by atoms with van der Waals surface area (Å²) in [4.78, 5) is 10.6. The molecule has 0 spiro atoms. The van der Waals surface area contributed by atoms with Gasteiger partial charge in [-0.1, -0.05) is 21.3 Å². The molecular weight excluding hydrogens is 416 g/mol. The SMILES string of the molecule is C.CC.CO.COc1cc(C)cc(OC)c1OC.COc1cc(C=O)cc(OC)c1OC. The van der Waals surface area contributed by atoms with Crippen LogP contribution < -0.4 is 28.4 Å². The van der Waals surface area contributed by atoms with E-state index in [1.807, 2.05) is 32.9 Å². The first-order valence-corrected chi connectivity index (χ1v) is 9.46. The second-order valence-corrected chi connectivity index (χ2v) is 5.28. The van der Waals surface area contributed by atoms with Gasteiger partial charge < -0.3 is 33.5 Å². The molecule has 32 heavy (non-hydrogen) atoms. The van der Waals surface area contributed by atoms with Crippen LogP contribution >= 0.6 is 0 Å². The Morgan fingerprint density at radius 3 is 1.12 bits per heavy atom. The minimum atomic E-state index is 0. The highest BCUT2D eigenvalue weighted by Crippen LogP contribution is 2.38. The second kappa shape index (κ2) is 19.8. The number of hydrogen-bond acceptors (Lipinski definition) is 8. The minimum Gasteiger partial charge on any atom is -0.493 e. The van der Waals surface area contributed by atoms with Gasteiger partial charge in [0.05, 0.1) is 42.7 Å². The lowest BCUT2D eigenvalue weighted by Gasteiger charge is -2.12. The largest absolute Gasteiger partial charge is 0.493 e. The van der Waals surface area contributed by atoms with Crippen molar-refractivity contribution in [1.82, 2.24) is 0 Å². The molecule has 0 unspecified atom stereocenters. The smallest absolute Gasteiger partial charge is 0.203 e. The van der Waals surface area contributed by atoms with E-state index < -0.39 is 0 Å². The molecule has 0 fully saturated rings. The highest BCUT2D eigenvalue weighted by molar-refractivity contribution is 5.78. The van der Waals surface area contributed by atoms with Gasteiger partial charge in [0.25, 0.3) is 0 Å². The van der Waals surface area contributed by atoms with Crippen LogP contribution in [0.2, 0.25) is 0 Å². The summed E-state index contributed by atoms with van der Waals surface area (Å²) in [6.45, 7) is 5.98. The van der Waals surface area contributed by atoms with Crippen molar-refractivity contribution in [3.05, 3.63) is 35.4 Å². The van der Waals surface area contributed by atoms with Crippen molar-refractivity contribution >= 4 is 6.29 Å². The van der Waals surface area contributed by atoms with Gasteiger partial charge in [-0.15, -0.1) is 0 Å². The molecule has 0 bridgehead atoms. The van der Waals surface area contributed by atoms with Crippen LogP contribution in [0.3, 0.4) is 0 Å². The summed E-state index contributed by atoms with van der Waals surface area (Å²) >= 11 is 0. The third kappa shape index (κ3) is 9.78. The zero-order chi connectivity index (χ0) is 24.4. The van der Waals surface area contributed by atoms with E-state index >= 15 is 0 Å². The number of aryl methyl sites for hydroxylation is 1. The van der Waals surface area contributed by atoms with E-state index in [1.165, 1.54) is 21.3 Å². The van der Waals surface area contributed by atoms with Gasteiger partial charge in [-0.05, 0) is 36.8 Å². The van der Waals surface area contributed by atoms with Crippen LogP contribution in [0.4, 0.5) is 0 Å². The number of benzene rings is 2. The molecule has 184 valence electrons.